The van der Waals surface area contributed by atoms with E-state index in [1.807, 2.05) is 17.8 Å². The molecule has 0 aliphatic carbocycles. The van der Waals surface area contributed by atoms with Crippen LogP contribution < -0.4 is 5.73 Å². The van der Waals surface area contributed by atoms with Crippen LogP contribution in [0.2, 0.25) is 0 Å². The van der Waals surface area contributed by atoms with Crippen molar-refractivity contribution in [1.29, 1.82) is 0 Å². The zero-order chi connectivity index (χ0) is 13.0. The number of sulfonamides is 1. The Morgan fingerprint density at radius 3 is 2.89 bits per heavy atom. The summed E-state index contributed by atoms with van der Waals surface area (Å²) in [6.45, 7) is 1.82. The van der Waals surface area contributed by atoms with Crippen LogP contribution in [-0.4, -0.2) is 43.9 Å². The van der Waals surface area contributed by atoms with Gasteiger partial charge in [0.05, 0.1) is 0 Å². The van der Waals surface area contributed by atoms with Gasteiger partial charge in [-0.1, -0.05) is 0 Å². The Bertz CT molecular complexity index is 476. The lowest BCUT2D eigenvalue weighted by Crippen LogP contribution is -2.32. The van der Waals surface area contributed by atoms with Crippen molar-refractivity contribution in [3.05, 3.63) is 17.0 Å². The van der Waals surface area contributed by atoms with Crippen molar-refractivity contribution in [2.45, 2.75) is 17.1 Å². The molecule has 0 aromatic carbocycles. The molecule has 102 valence electrons. The summed E-state index contributed by atoms with van der Waals surface area (Å²) in [6, 6.07) is 3.58. The van der Waals surface area contributed by atoms with Gasteiger partial charge in [0.1, 0.15) is 4.21 Å². The van der Waals surface area contributed by atoms with E-state index >= 15 is 0 Å². The molecule has 1 fully saturated rings. The van der Waals surface area contributed by atoms with Crippen molar-refractivity contribution in [1.82, 2.24) is 4.31 Å². The van der Waals surface area contributed by atoms with Crippen molar-refractivity contribution < 1.29 is 8.42 Å². The minimum atomic E-state index is -3.29. The fourth-order valence-corrected chi connectivity index (χ4v) is 5.87. The largest absolute Gasteiger partial charge is 0.330 e. The van der Waals surface area contributed by atoms with Crippen LogP contribution in [-0.2, 0) is 16.4 Å². The van der Waals surface area contributed by atoms with Gasteiger partial charge in [-0.2, -0.15) is 16.1 Å². The van der Waals surface area contributed by atoms with E-state index in [1.165, 1.54) is 11.3 Å². The van der Waals surface area contributed by atoms with Gasteiger partial charge in [-0.3, -0.25) is 0 Å². The number of rotatable bonds is 4. The summed E-state index contributed by atoms with van der Waals surface area (Å²) >= 11 is 3.17. The van der Waals surface area contributed by atoms with Gasteiger partial charge in [0, 0.05) is 23.7 Å². The van der Waals surface area contributed by atoms with E-state index in [2.05, 4.69) is 0 Å². The monoisotopic (exact) mass is 306 g/mol. The lowest BCUT2D eigenvalue weighted by molar-refractivity contribution is 0.436. The van der Waals surface area contributed by atoms with Crippen LogP contribution in [0.3, 0.4) is 0 Å². The summed E-state index contributed by atoms with van der Waals surface area (Å²) in [5.41, 5.74) is 5.49. The molecule has 1 aliphatic rings. The Morgan fingerprint density at radius 2 is 2.11 bits per heavy atom. The minimum Gasteiger partial charge on any atom is -0.330 e. The maximum atomic E-state index is 12.5. The molecule has 0 unspecified atom stereocenters. The number of thiophene rings is 1. The van der Waals surface area contributed by atoms with Gasteiger partial charge in [0.15, 0.2) is 0 Å². The van der Waals surface area contributed by atoms with Crippen molar-refractivity contribution in [2.24, 2.45) is 5.73 Å². The van der Waals surface area contributed by atoms with Gasteiger partial charge in [-0.15, -0.1) is 11.3 Å². The Hall–Kier alpha value is -0.0800. The quantitative estimate of drug-likeness (QED) is 0.913. The van der Waals surface area contributed by atoms with Crippen LogP contribution >= 0.6 is 23.1 Å². The summed E-state index contributed by atoms with van der Waals surface area (Å²) in [6.07, 6.45) is 1.68. The molecular weight excluding hydrogens is 288 g/mol. The van der Waals surface area contributed by atoms with Crippen molar-refractivity contribution in [3.63, 3.8) is 0 Å². The van der Waals surface area contributed by atoms with Crippen molar-refractivity contribution >= 4 is 33.1 Å². The molecule has 0 atom stereocenters. The summed E-state index contributed by atoms with van der Waals surface area (Å²) < 4.78 is 27.0. The highest BCUT2D eigenvalue weighted by Crippen LogP contribution is 2.26. The topological polar surface area (TPSA) is 63.4 Å². The molecule has 1 aromatic heterocycles. The first-order chi connectivity index (χ1) is 8.64. The summed E-state index contributed by atoms with van der Waals surface area (Å²) in [5, 5.41) is 0. The van der Waals surface area contributed by atoms with E-state index in [1.54, 1.807) is 10.4 Å². The van der Waals surface area contributed by atoms with Crippen LogP contribution in [0.4, 0.5) is 0 Å². The first kappa shape index (κ1) is 14.3. The third kappa shape index (κ3) is 3.27. The number of nitrogens with two attached hydrogens (primary N) is 1. The molecule has 4 nitrogen and oxygen atoms in total. The number of hydrogen-bond acceptors (Lipinski definition) is 5. The van der Waals surface area contributed by atoms with Crippen LogP contribution in [0.5, 0.6) is 0 Å². The van der Waals surface area contributed by atoms with Gasteiger partial charge in [-0.05, 0) is 37.3 Å². The van der Waals surface area contributed by atoms with E-state index in [0.717, 1.165) is 29.2 Å². The molecule has 18 heavy (non-hydrogen) atoms. The van der Waals surface area contributed by atoms with Gasteiger partial charge >= 0.3 is 0 Å². The predicted octanol–water partition coefficient (Wildman–Crippen LogP) is 1.38. The molecule has 0 spiro atoms. The first-order valence-electron chi connectivity index (χ1n) is 6.01. The van der Waals surface area contributed by atoms with Gasteiger partial charge in [0.2, 0.25) is 0 Å². The molecule has 1 saturated heterocycles. The molecule has 7 heteroatoms. The average Bonchev–Trinajstić information content (AvgIpc) is 2.65. The Labute approximate surface area is 117 Å². The number of nitrogens with zero attached hydrogens (tertiary/aromatic N) is 1. The molecule has 0 radical (unpaired) electrons. The van der Waals surface area contributed by atoms with Crippen LogP contribution in [0.15, 0.2) is 16.3 Å². The second-order valence-electron chi connectivity index (χ2n) is 4.13. The van der Waals surface area contributed by atoms with Crippen LogP contribution in [0.1, 0.15) is 11.3 Å². The Balaban J connectivity index is 2.17. The van der Waals surface area contributed by atoms with Crippen LogP contribution in [0, 0.1) is 0 Å². The number of thioether (sulfide) groups is 1. The standard InChI is InChI=1S/C11H18N2O2S3/c12-5-4-10-2-3-11(17-10)18(14,15)13-6-1-8-16-9-7-13/h2-3H,1,4-9,12H2. The van der Waals surface area contributed by atoms with Crippen LogP contribution in [0.25, 0.3) is 0 Å². The summed E-state index contributed by atoms with van der Waals surface area (Å²) in [4.78, 5) is 1.04. The van der Waals surface area contributed by atoms with Gasteiger partial charge < -0.3 is 5.73 Å². The van der Waals surface area contributed by atoms with E-state index in [9.17, 15) is 8.42 Å². The molecule has 1 aromatic rings. The van der Waals surface area contributed by atoms with Gasteiger partial charge in [0.25, 0.3) is 10.0 Å². The Morgan fingerprint density at radius 1 is 1.28 bits per heavy atom. The smallest absolute Gasteiger partial charge is 0.252 e. The first-order valence-corrected chi connectivity index (χ1v) is 9.42. The zero-order valence-corrected chi connectivity index (χ0v) is 12.6. The minimum absolute atomic E-state index is 0.456. The second-order valence-corrected chi connectivity index (χ2v) is 8.69. The molecule has 1 aliphatic heterocycles. The fourth-order valence-electron chi connectivity index (χ4n) is 1.86. The summed E-state index contributed by atoms with van der Waals surface area (Å²) in [7, 11) is -3.29. The molecule has 2 heterocycles. The third-order valence-electron chi connectivity index (χ3n) is 2.80. The lowest BCUT2D eigenvalue weighted by Gasteiger charge is -2.18. The van der Waals surface area contributed by atoms with E-state index < -0.39 is 10.0 Å². The highest BCUT2D eigenvalue weighted by atomic mass is 32.2. The highest BCUT2D eigenvalue weighted by molar-refractivity contribution is 7.99. The molecule has 2 N–H and O–H groups in total. The second kappa shape index (κ2) is 6.38. The molecular formula is C11H18N2O2S3. The SMILES string of the molecule is NCCc1ccc(S(=O)(=O)N2CCCSCC2)s1. The normalized spacial score (nSPS) is 18.7. The maximum absolute atomic E-state index is 12.5. The third-order valence-corrected chi connectivity index (χ3v) is 7.36. The number of hydrogen-bond donors (Lipinski definition) is 1. The fraction of sp³-hybridized carbons (Fsp3) is 0.636. The van der Waals surface area contributed by atoms with Crippen molar-refractivity contribution in [2.75, 3.05) is 31.1 Å². The zero-order valence-electron chi connectivity index (χ0n) is 10.2. The molecule has 0 amide bonds. The molecule has 0 saturated carbocycles. The molecule has 2 rings (SSSR count). The van der Waals surface area contributed by atoms with E-state index in [-0.39, 0.29) is 0 Å². The Kier molecular flexibility index (Phi) is 5.08. The molecule has 0 bridgehead atoms. The highest BCUT2D eigenvalue weighted by Gasteiger charge is 2.26. The average molecular weight is 306 g/mol. The predicted molar refractivity (Wildman–Crippen MR) is 77.8 cm³/mol. The van der Waals surface area contributed by atoms with Crippen molar-refractivity contribution in [3.8, 4) is 0 Å². The van der Waals surface area contributed by atoms with E-state index in [0.29, 0.717) is 23.8 Å². The van der Waals surface area contributed by atoms with E-state index in [4.69, 9.17) is 5.73 Å². The van der Waals surface area contributed by atoms with Gasteiger partial charge in [-0.25, -0.2) is 8.42 Å². The lowest BCUT2D eigenvalue weighted by atomic mass is 10.3. The summed E-state index contributed by atoms with van der Waals surface area (Å²) in [5.74, 6) is 1.94. The maximum Gasteiger partial charge on any atom is 0.252 e.